The lowest BCUT2D eigenvalue weighted by atomic mass is 10.2. The maximum absolute atomic E-state index is 13.3. The van der Waals surface area contributed by atoms with E-state index in [-0.39, 0.29) is 11.7 Å². The summed E-state index contributed by atoms with van der Waals surface area (Å²) in [7, 11) is 0. The van der Waals surface area contributed by atoms with Gasteiger partial charge in [-0.15, -0.1) is 0 Å². The van der Waals surface area contributed by atoms with Crippen molar-refractivity contribution in [3.8, 4) is 0 Å². The van der Waals surface area contributed by atoms with E-state index in [9.17, 15) is 9.18 Å². The molecule has 0 saturated carbocycles. The molecule has 0 bridgehead atoms. The van der Waals surface area contributed by atoms with Gasteiger partial charge in [0, 0.05) is 49.8 Å². The van der Waals surface area contributed by atoms with Crippen molar-refractivity contribution in [3.63, 3.8) is 0 Å². The summed E-state index contributed by atoms with van der Waals surface area (Å²) in [5.41, 5.74) is 0.911. The van der Waals surface area contributed by atoms with Gasteiger partial charge in [0.25, 0.3) is 5.91 Å². The number of rotatable bonds is 4. The van der Waals surface area contributed by atoms with Gasteiger partial charge in [-0.3, -0.25) is 4.79 Å². The van der Waals surface area contributed by atoms with Crippen LogP contribution in [0.1, 0.15) is 10.4 Å². The third-order valence-corrected chi connectivity index (χ3v) is 4.67. The molecular formula is C21H20FN5O. The standard InChI is InChI=1S/C21H20FN5O/c22-17-4-3-5-18(15-17)25-21(28)16-7-9-24-20(14-16)27-12-10-26(11-13-27)19-6-1-2-8-23-19/h1-9,14-15H,10-13H2,(H,25,28). The largest absolute Gasteiger partial charge is 0.353 e. The first-order valence-corrected chi connectivity index (χ1v) is 9.13. The Morgan fingerprint density at radius 3 is 2.32 bits per heavy atom. The minimum absolute atomic E-state index is 0.290. The van der Waals surface area contributed by atoms with E-state index >= 15 is 0 Å². The molecule has 0 spiro atoms. The van der Waals surface area contributed by atoms with Crippen LogP contribution in [0.4, 0.5) is 21.7 Å². The highest BCUT2D eigenvalue weighted by Gasteiger charge is 2.20. The zero-order valence-electron chi connectivity index (χ0n) is 15.3. The van der Waals surface area contributed by atoms with Gasteiger partial charge in [0.15, 0.2) is 0 Å². The Balaban J connectivity index is 1.42. The maximum atomic E-state index is 13.3. The average Bonchev–Trinajstić information content (AvgIpc) is 2.75. The molecule has 0 radical (unpaired) electrons. The van der Waals surface area contributed by atoms with Gasteiger partial charge >= 0.3 is 0 Å². The van der Waals surface area contributed by atoms with E-state index in [0.717, 1.165) is 37.8 Å². The van der Waals surface area contributed by atoms with Gasteiger partial charge in [-0.1, -0.05) is 12.1 Å². The molecule has 3 aromatic rings. The Hall–Kier alpha value is -3.48. The van der Waals surface area contributed by atoms with Crippen molar-refractivity contribution in [2.75, 3.05) is 41.3 Å². The molecule has 28 heavy (non-hydrogen) atoms. The molecule has 7 heteroatoms. The lowest BCUT2D eigenvalue weighted by molar-refractivity contribution is 0.102. The Labute approximate surface area is 162 Å². The number of carbonyl (C=O) groups is 1. The Morgan fingerprint density at radius 2 is 1.61 bits per heavy atom. The predicted octanol–water partition coefficient (Wildman–Crippen LogP) is 3.19. The number of benzene rings is 1. The molecule has 1 saturated heterocycles. The number of carbonyl (C=O) groups excluding carboxylic acids is 1. The lowest BCUT2D eigenvalue weighted by Crippen LogP contribution is -2.47. The van der Waals surface area contributed by atoms with Gasteiger partial charge < -0.3 is 15.1 Å². The summed E-state index contributed by atoms with van der Waals surface area (Å²) < 4.78 is 13.3. The number of aromatic nitrogens is 2. The molecule has 1 amide bonds. The van der Waals surface area contributed by atoms with Crippen molar-refractivity contribution in [2.24, 2.45) is 0 Å². The number of amides is 1. The first kappa shape index (κ1) is 17.9. The summed E-state index contributed by atoms with van der Waals surface area (Å²) in [4.78, 5) is 25.7. The molecule has 4 rings (SSSR count). The normalized spacial score (nSPS) is 14.0. The first-order valence-electron chi connectivity index (χ1n) is 9.13. The second-order valence-electron chi connectivity index (χ2n) is 6.53. The summed E-state index contributed by atoms with van der Waals surface area (Å²) in [5.74, 6) is 1.05. The fourth-order valence-corrected chi connectivity index (χ4v) is 3.21. The number of piperazine rings is 1. The van der Waals surface area contributed by atoms with Gasteiger partial charge in [0.05, 0.1) is 0 Å². The lowest BCUT2D eigenvalue weighted by Gasteiger charge is -2.36. The third-order valence-electron chi connectivity index (χ3n) is 4.67. The van der Waals surface area contributed by atoms with Gasteiger partial charge in [0.2, 0.25) is 0 Å². The van der Waals surface area contributed by atoms with E-state index in [0.29, 0.717) is 11.3 Å². The van der Waals surface area contributed by atoms with Crippen LogP contribution in [-0.4, -0.2) is 42.1 Å². The average molecular weight is 377 g/mol. The van der Waals surface area contributed by atoms with Crippen LogP contribution in [-0.2, 0) is 0 Å². The van der Waals surface area contributed by atoms with Gasteiger partial charge in [-0.05, 0) is 42.5 Å². The summed E-state index contributed by atoms with van der Waals surface area (Å²) in [5, 5.41) is 2.72. The van der Waals surface area contributed by atoms with Crippen LogP contribution in [0, 0.1) is 5.82 Å². The van der Waals surface area contributed by atoms with Crippen molar-refractivity contribution in [3.05, 3.63) is 78.4 Å². The third kappa shape index (κ3) is 4.09. The SMILES string of the molecule is O=C(Nc1cccc(F)c1)c1ccnc(N2CCN(c3ccccn3)CC2)c1. The molecule has 1 aromatic carbocycles. The van der Waals surface area contributed by atoms with E-state index in [4.69, 9.17) is 0 Å². The second-order valence-corrected chi connectivity index (χ2v) is 6.53. The van der Waals surface area contributed by atoms with Crippen LogP contribution in [0.3, 0.4) is 0 Å². The number of pyridine rings is 2. The van der Waals surface area contributed by atoms with Crippen molar-refractivity contribution < 1.29 is 9.18 Å². The predicted molar refractivity (Wildman–Crippen MR) is 107 cm³/mol. The molecular weight excluding hydrogens is 357 g/mol. The summed E-state index contributed by atoms with van der Waals surface area (Å²) in [6.45, 7) is 3.24. The van der Waals surface area contributed by atoms with Crippen LogP contribution < -0.4 is 15.1 Å². The Morgan fingerprint density at radius 1 is 0.857 bits per heavy atom. The monoisotopic (exact) mass is 377 g/mol. The number of anilines is 3. The van der Waals surface area contributed by atoms with Gasteiger partial charge in [0.1, 0.15) is 17.5 Å². The van der Waals surface area contributed by atoms with E-state index in [1.165, 1.54) is 12.1 Å². The Kier molecular flexibility index (Phi) is 5.14. The van der Waals surface area contributed by atoms with Crippen LogP contribution >= 0.6 is 0 Å². The molecule has 1 N–H and O–H groups in total. The highest BCUT2D eigenvalue weighted by atomic mass is 19.1. The number of nitrogens with one attached hydrogen (secondary N) is 1. The van der Waals surface area contributed by atoms with Crippen LogP contribution in [0.25, 0.3) is 0 Å². The van der Waals surface area contributed by atoms with E-state index in [2.05, 4.69) is 25.1 Å². The van der Waals surface area contributed by atoms with Crippen LogP contribution in [0.2, 0.25) is 0 Å². The minimum Gasteiger partial charge on any atom is -0.353 e. The zero-order chi connectivity index (χ0) is 19.3. The smallest absolute Gasteiger partial charge is 0.255 e. The fourth-order valence-electron chi connectivity index (χ4n) is 3.21. The second kappa shape index (κ2) is 8.04. The van der Waals surface area contributed by atoms with Crippen molar-refractivity contribution >= 4 is 23.2 Å². The minimum atomic E-state index is -0.390. The summed E-state index contributed by atoms with van der Waals surface area (Å²) in [6.07, 6.45) is 3.42. The molecule has 1 fully saturated rings. The van der Waals surface area contributed by atoms with Crippen LogP contribution in [0.5, 0.6) is 0 Å². The number of hydrogen-bond acceptors (Lipinski definition) is 5. The molecule has 0 unspecified atom stereocenters. The molecule has 1 aliphatic rings. The van der Waals surface area contributed by atoms with Crippen molar-refractivity contribution in [2.45, 2.75) is 0 Å². The fraction of sp³-hybridized carbons (Fsp3) is 0.190. The molecule has 3 heterocycles. The van der Waals surface area contributed by atoms with E-state index < -0.39 is 0 Å². The van der Waals surface area contributed by atoms with Crippen molar-refractivity contribution in [1.29, 1.82) is 0 Å². The summed E-state index contributed by atoms with van der Waals surface area (Å²) >= 11 is 0. The van der Waals surface area contributed by atoms with Crippen molar-refractivity contribution in [1.82, 2.24) is 9.97 Å². The summed E-state index contributed by atoms with van der Waals surface area (Å²) in [6, 6.07) is 15.2. The van der Waals surface area contributed by atoms with E-state index in [1.807, 2.05) is 18.2 Å². The van der Waals surface area contributed by atoms with Gasteiger partial charge in [-0.25, -0.2) is 14.4 Å². The Bertz CT molecular complexity index is 958. The van der Waals surface area contributed by atoms with Gasteiger partial charge in [-0.2, -0.15) is 0 Å². The number of hydrogen-bond donors (Lipinski definition) is 1. The molecule has 0 atom stereocenters. The molecule has 6 nitrogen and oxygen atoms in total. The highest BCUT2D eigenvalue weighted by molar-refractivity contribution is 6.04. The van der Waals surface area contributed by atoms with E-state index in [1.54, 1.807) is 36.7 Å². The zero-order valence-corrected chi connectivity index (χ0v) is 15.3. The molecule has 0 aliphatic carbocycles. The van der Waals surface area contributed by atoms with Crippen LogP contribution in [0.15, 0.2) is 67.0 Å². The quantitative estimate of drug-likeness (QED) is 0.757. The topological polar surface area (TPSA) is 61.4 Å². The number of nitrogens with zero attached hydrogens (tertiary/aromatic N) is 4. The maximum Gasteiger partial charge on any atom is 0.255 e. The highest BCUT2D eigenvalue weighted by Crippen LogP contribution is 2.19. The molecule has 2 aromatic heterocycles. The first-order chi connectivity index (χ1) is 13.7. The number of halogens is 1. The molecule has 1 aliphatic heterocycles. The molecule has 142 valence electrons.